The van der Waals surface area contributed by atoms with Crippen molar-refractivity contribution in [3.05, 3.63) is 34.8 Å². The molecule has 0 saturated carbocycles. The summed E-state index contributed by atoms with van der Waals surface area (Å²) < 4.78 is 11.6. The van der Waals surface area contributed by atoms with E-state index in [1.807, 2.05) is 18.2 Å². The van der Waals surface area contributed by atoms with Crippen molar-refractivity contribution in [3.63, 3.8) is 0 Å². The third-order valence-electron chi connectivity index (χ3n) is 2.57. The van der Waals surface area contributed by atoms with Crippen LogP contribution < -0.4 is 15.2 Å². The van der Waals surface area contributed by atoms with E-state index in [9.17, 15) is 0 Å². The lowest BCUT2D eigenvalue weighted by molar-refractivity contribution is 0.174. The molecule has 1 aromatic rings. The van der Waals surface area contributed by atoms with E-state index in [4.69, 9.17) is 15.2 Å². The van der Waals surface area contributed by atoms with Crippen LogP contribution in [0.1, 0.15) is 24.4 Å². The summed E-state index contributed by atoms with van der Waals surface area (Å²) in [5.74, 6) is 1.54. The van der Waals surface area contributed by atoms with Gasteiger partial charge >= 0.3 is 0 Å². The Labute approximate surface area is 116 Å². The Morgan fingerprint density at radius 1 is 1.41 bits per heavy atom. The fraction of sp³-hybridized carbons (Fsp3) is 0.333. The lowest BCUT2D eigenvalue weighted by Gasteiger charge is -2.13. The average Bonchev–Trinajstić information content (AvgIpc) is 2.71. The van der Waals surface area contributed by atoms with Crippen LogP contribution in [0.2, 0.25) is 0 Å². The molecule has 0 spiro atoms. The first-order chi connectivity index (χ1) is 7.72. The molecule has 0 fully saturated rings. The molecule has 0 saturated heterocycles. The van der Waals surface area contributed by atoms with Crippen LogP contribution in [0, 0.1) is 0 Å². The SMILES string of the molecule is C=CCC[C@@H](N)c1cc2c(cc1Br)OCO2.Cl. The standard InChI is InChI=1S/C12H14BrNO2.ClH/c1-2-3-4-10(14)8-5-11-12(6-9(8)13)16-7-15-11;/h2,5-6,10H,1,3-4,7,14H2;1H/t10-;/m1./s1. The second-order valence-corrected chi connectivity index (χ2v) is 4.55. The van der Waals surface area contributed by atoms with Gasteiger partial charge in [-0.2, -0.15) is 0 Å². The Morgan fingerprint density at radius 2 is 2.06 bits per heavy atom. The molecule has 0 radical (unpaired) electrons. The van der Waals surface area contributed by atoms with Crippen LogP contribution in [0.3, 0.4) is 0 Å². The fourth-order valence-corrected chi connectivity index (χ4v) is 2.29. The van der Waals surface area contributed by atoms with E-state index < -0.39 is 0 Å². The summed E-state index contributed by atoms with van der Waals surface area (Å²) in [4.78, 5) is 0. The maximum atomic E-state index is 6.10. The minimum Gasteiger partial charge on any atom is -0.454 e. The van der Waals surface area contributed by atoms with Gasteiger partial charge in [0.2, 0.25) is 6.79 Å². The van der Waals surface area contributed by atoms with Gasteiger partial charge < -0.3 is 15.2 Å². The van der Waals surface area contributed by atoms with E-state index >= 15 is 0 Å². The van der Waals surface area contributed by atoms with Gasteiger partial charge in [-0.05, 0) is 30.5 Å². The van der Waals surface area contributed by atoms with Crippen LogP contribution in [-0.2, 0) is 0 Å². The second-order valence-electron chi connectivity index (χ2n) is 3.70. The maximum Gasteiger partial charge on any atom is 0.231 e. The quantitative estimate of drug-likeness (QED) is 0.863. The first-order valence-corrected chi connectivity index (χ1v) is 5.97. The van der Waals surface area contributed by atoms with Gasteiger partial charge in [0.25, 0.3) is 0 Å². The predicted octanol–water partition coefficient (Wildman–Crippen LogP) is 3.57. The van der Waals surface area contributed by atoms with Crippen molar-refractivity contribution in [2.45, 2.75) is 18.9 Å². The maximum absolute atomic E-state index is 6.10. The molecule has 3 nitrogen and oxygen atoms in total. The lowest BCUT2D eigenvalue weighted by atomic mass is 10.0. The number of nitrogens with two attached hydrogens (primary N) is 1. The van der Waals surface area contributed by atoms with Crippen molar-refractivity contribution < 1.29 is 9.47 Å². The predicted molar refractivity (Wildman–Crippen MR) is 73.9 cm³/mol. The van der Waals surface area contributed by atoms with Gasteiger partial charge in [-0.3, -0.25) is 0 Å². The minimum absolute atomic E-state index is 0. The Kier molecular flexibility index (Phi) is 5.31. The molecular weight excluding hydrogens is 305 g/mol. The minimum atomic E-state index is -0.0122. The number of ether oxygens (including phenoxy) is 2. The monoisotopic (exact) mass is 319 g/mol. The summed E-state index contributed by atoms with van der Waals surface area (Å²) >= 11 is 3.50. The summed E-state index contributed by atoms with van der Waals surface area (Å²) in [7, 11) is 0. The van der Waals surface area contributed by atoms with Gasteiger partial charge in [0.1, 0.15) is 0 Å². The molecule has 1 atom stereocenters. The zero-order valence-corrected chi connectivity index (χ0v) is 11.7. The van der Waals surface area contributed by atoms with E-state index in [0.29, 0.717) is 0 Å². The molecule has 0 unspecified atom stereocenters. The van der Waals surface area contributed by atoms with Crippen molar-refractivity contribution in [2.75, 3.05) is 6.79 Å². The number of rotatable bonds is 4. The highest BCUT2D eigenvalue weighted by Gasteiger charge is 2.18. The third-order valence-corrected chi connectivity index (χ3v) is 3.26. The summed E-state index contributed by atoms with van der Waals surface area (Å²) in [6.45, 7) is 3.98. The largest absolute Gasteiger partial charge is 0.454 e. The highest BCUT2D eigenvalue weighted by Crippen LogP contribution is 2.39. The molecule has 2 rings (SSSR count). The van der Waals surface area contributed by atoms with Crippen LogP contribution in [0.5, 0.6) is 11.5 Å². The van der Waals surface area contributed by atoms with E-state index in [2.05, 4.69) is 22.5 Å². The third kappa shape index (κ3) is 3.15. The van der Waals surface area contributed by atoms with Crippen molar-refractivity contribution in [3.8, 4) is 11.5 Å². The molecule has 1 aliphatic heterocycles. The Hall–Kier alpha value is -0.710. The number of benzene rings is 1. The van der Waals surface area contributed by atoms with E-state index in [0.717, 1.165) is 34.4 Å². The van der Waals surface area contributed by atoms with Crippen LogP contribution in [0.15, 0.2) is 29.3 Å². The fourth-order valence-electron chi connectivity index (χ4n) is 1.67. The number of halogens is 2. The van der Waals surface area contributed by atoms with E-state index in [1.165, 1.54) is 0 Å². The lowest BCUT2D eigenvalue weighted by Crippen LogP contribution is -2.10. The molecule has 1 heterocycles. The van der Waals surface area contributed by atoms with Gasteiger partial charge in [-0.1, -0.05) is 22.0 Å². The Balaban J connectivity index is 0.00000144. The molecule has 1 aromatic carbocycles. The van der Waals surface area contributed by atoms with Gasteiger partial charge in [0.05, 0.1) is 0 Å². The summed E-state index contributed by atoms with van der Waals surface area (Å²) in [6.07, 6.45) is 3.66. The number of fused-ring (bicyclic) bond motifs is 1. The zero-order chi connectivity index (χ0) is 11.5. The van der Waals surface area contributed by atoms with Gasteiger partial charge in [0.15, 0.2) is 11.5 Å². The summed E-state index contributed by atoms with van der Waals surface area (Å²) in [5.41, 5.74) is 7.15. The molecule has 0 amide bonds. The molecule has 94 valence electrons. The normalized spacial score (nSPS) is 14.0. The zero-order valence-electron chi connectivity index (χ0n) is 9.32. The molecule has 5 heteroatoms. The molecule has 0 aromatic heterocycles. The highest BCUT2D eigenvalue weighted by atomic mass is 79.9. The summed E-state index contributed by atoms with van der Waals surface area (Å²) in [6, 6.07) is 3.84. The molecule has 0 bridgehead atoms. The molecule has 17 heavy (non-hydrogen) atoms. The van der Waals surface area contributed by atoms with Gasteiger partial charge in [-0.25, -0.2) is 0 Å². The smallest absolute Gasteiger partial charge is 0.231 e. The van der Waals surface area contributed by atoms with E-state index in [-0.39, 0.29) is 25.2 Å². The number of allylic oxidation sites excluding steroid dienone is 1. The van der Waals surface area contributed by atoms with E-state index in [1.54, 1.807) is 0 Å². The van der Waals surface area contributed by atoms with Gasteiger partial charge in [-0.15, -0.1) is 19.0 Å². The van der Waals surface area contributed by atoms with Crippen LogP contribution >= 0.6 is 28.3 Å². The first kappa shape index (κ1) is 14.4. The van der Waals surface area contributed by atoms with Crippen LogP contribution in [0.4, 0.5) is 0 Å². The molecule has 0 aliphatic carbocycles. The van der Waals surface area contributed by atoms with Crippen molar-refractivity contribution >= 4 is 28.3 Å². The number of hydrogen-bond acceptors (Lipinski definition) is 3. The average molecular weight is 321 g/mol. The van der Waals surface area contributed by atoms with Crippen molar-refractivity contribution in [1.29, 1.82) is 0 Å². The molecule has 1 aliphatic rings. The topological polar surface area (TPSA) is 44.5 Å². The molecular formula is C12H15BrClNO2. The van der Waals surface area contributed by atoms with Crippen molar-refractivity contribution in [2.24, 2.45) is 5.73 Å². The van der Waals surface area contributed by atoms with Crippen LogP contribution in [0.25, 0.3) is 0 Å². The van der Waals surface area contributed by atoms with Gasteiger partial charge in [0, 0.05) is 10.5 Å². The summed E-state index contributed by atoms with van der Waals surface area (Å²) in [5, 5.41) is 0. The Bertz CT molecular complexity index is 412. The van der Waals surface area contributed by atoms with Crippen molar-refractivity contribution in [1.82, 2.24) is 0 Å². The second kappa shape index (κ2) is 6.28. The molecule has 2 N–H and O–H groups in total. The number of hydrogen-bond donors (Lipinski definition) is 1. The Morgan fingerprint density at radius 3 is 2.71 bits per heavy atom. The van der Waals surface area contributed by atoms with Crippen LogP contribution in [-0.4, -0.2) is 6.79 Å². The highest BCUT2D eigenvalue weighted by molar-refractivity contribution is 9.10. The first-order valence-electron chi connectivity index (χ1n) is 5.18.